The molecule has 92 valence electrons. The van der Waals surface area contributed by atoms with Gasteiger partial charge in [0, 0.05) is 18.5 Å². The van der Waals surface area contributed by atoms with Gasteiger partial charge in [-0.3, -0.25) is 15.0 Å². The lowest BCUT2D eigenvalue weighted by atomic mass is 10.2. The van der Waals surface area contributed by atoms with E-state index in [0.717, 1.165) is 0 Å². The minimum absolute atomic E-state index is 0.115. The number of carbonyl (C=O) groups is 2. The fourth-order valence-electron chi connectivity index (χ4n) is 1.10. The van der Waals surface area contributed by atoms with Crippen LogP contribution in [0.4, 0.5) is 0 Å². The summed E-state index contributed by atoms with van der Waals surface area (Å²) in [4.78, 5) is 22.4. The fraction of sp³-hybridized carbons (Fsp3) is 0.200. The molecule has 0 unspecified atom stereocenters. The maximum absolute atomic E-state index is 11.6. The van der Waals surface area contributed by atoms with Crippen molar-refractivity contribution in [3.8, 4) is 0 Å². The number of rotatable bonds is 4. The molecule has 4 N–H and O–H groups in total. The van der Waals surface area contributed by atoms with Gasteiger partial charge in [-0.1, -0.05) is 23.2 Å². The molecule has 17 heavy (non-hydrogen) atoms. The van der Waals surface area contributed by atoms with Gasteiger partial charge in [-0.05, 0) is 18.2 Å². The lowest BCUT2D eigenvalue weighted by Gasteiger charge is -2.05. The molecule has 5 nitrogen and oxygen atoms in total. The van der Waals surface area contributed by atoms with Crippen LogP contribution in [0.25, 0.3) is 0 Å². The lowest BCUT2D eigenvalue weighted by molar-refractivity contribution is -0.121. The zero-order chi connectivity index (χ0) is 12.8. The van der Waals surface area contributed by atoms with Gasteiger partial charge in [0.25, 0.3) is 5.91 Å². The zero-order valence-electron chi connectivity index (χ0n) is 8.80. The Hall–Kier alpha value is -1.30. The molecule has 0 spiro atoms. The predicted octanol–water partition coefficient (Wildman–Crippen LogP) is 1.10. The molecule has 0 fully saturated rings. The number of halogens is 2. The Morgan fingerprint density at radius 2 is 1.94 bits per heavy atom. The molecule has 0 aliphatic rings. The summed E-state index contributed by atoms with van der Waals surface area (Å²) in [5, 5.41) is 3.24. The van der Waals surface area contributed by atoms with Crippen molar-refractivity contribution in [2.45, 2.75) is 6.42 Å². The van der Waals surface area contributed by atoms with E-state index in [4.69, 9.17) is 29.0 Å². The second-order valence-corrected chi connectivity index (χ2v) is 4.02. The quantitative estimate of drug-likeness (QED) is 0.437. The van der Waals surface area contributed by atoms with Crippen molar-refractivity contribution in [2.24, 2.45) is 5.84 Å². The highest BCUT2D eigenvalue weighted by Gasteiger charge is 2.08. The summed E-state index contributed by atoms with van der Waals surface area (Å²) in [6.07, 6.45) is 0.115. The van der Waals surface area contributed by atoms with E-state index in [1.807, 2.05) is 5.43 Å². The van der Waals surface area contributed by atoms with Gasteiger partial charge in [-0.2, -0.15) is 0 Å². The molecule has 1 rings (SSSR count). The second-order valence-electron chi connectivity index (χ2n) is 3.20. The molecule has 1 aromatic carbocycles. The summed E-state index contributed by atoms with van der Waals surface area (Å²) in [7, 11) is 0. The van der Waals surface area contributed by atoms with E-state index in [9.17, 15) is 9.59 Å². The molecule has 2 amide bonds. The van der Waals surface area contributed by atoms with Gasteiger partial charge in [0.2, 0.25) is 5.91 Å². The van der Waals surface area contributed by atoms with Crippen LogP contribution in [0.15, 0.2) is 18.2 Å². The Balaban J connectivity index is 2.52. The first kappa shape index (κ1) is 13.8. The second kappa shape index (κ2) is 6.44. The number of nitrogens with one attached hydrogen (secondary N) is 2. The van der Waals surface area contributed by atoms with Gasteiger partial charge in [0.15, 0.2) is 0 Å². The van der Waals surface area contributed by atoms with E-state index in [1.54, 1.807) is 6.07 Å². The van der Waals surface area contributed by atoms with Gasteiger partial charge in [-0.25, -0.2) is 5.84 Å². The molecule has 0 aliphatic carbocycles. The van der Waals surface area contributed by atoms with Crippen molar-refractivity contribution < 1.29 is 9.59 Å². The first-order valence-corrected chi connectivity index (χ1v) is 5.53. The van der Waals surface area contributed by atoms with Gasteiger partial charge in [-0.15, -0.1) is 0 Å². The average molecular weight is 276 g/mol. The third-order valence-corrected chi connectivity index (χ3v) is 2.72. The molecule has 0 atom stereocenters. The Morgan fingerprint density at radius 3 is 2.53 bits per heavy atom. The number of nitrogens with two attached hydrogens (primary N) is 1. The normalized spacial score (nSPS) is 9.82. The Kier molecular flexibility index (Phi) is 5.21. The van der Waals surface area contributed by atoms with Crippen LogP contribution in [-0.4, -0.2) is 18.4 Å². The standard InChI is InChI=1S/C10H11Cl2N3O2/c11-7-2-1-6(5-8(7)12)10(17)14-4-3-9(16)15-13/h1-2,5H,3-4,13H2,(H,14,17)(H,15,16). The Bertz CT molecular complexity index is 438. The summed E-state index contributed by atoms with van der Waals surface area (Å²) < 4.78 is 0. The van der Waals surface area contributed by atoms with Crippen molar-refractivity contribution in [3.05, 3.63) is 33.8 Å². The highest BCUT2D eigenvalue weighted by molar-refractivity contribution is 6.42. The van der Waals surface area contributed by atoms with Gasteiger partial charge >= 0.3 is 0 Å². The van der Waals surface area contributed by atoms with E-state index >= 15 is 0 Å². The van der Waals surface area contributed by atoms with Crippen LogP contribution >= 0.6 is 23.2 Å². The number of hydrogen-bond donors (Lipinski definition) is 3. The number of hydrogen-bond acceptors (Lipinski definition) is 3. The van der Waals surface area contributed by atoms with E-state index in [1.165, 1.54) is 12.1 Å². The van der Waals surface area contributed by atoms with Crippen molar-refractivity contribution in [1.29, 1.82) is 0 Å². The number of amides is 2. The highest BCUT2D eigenvalue weighted by atomic mass is 35.5. The van der Waals surface area contributed by atoms with E-state index in [-0.39, 0.29) is 24.8 Å². The average Bonchev–Trinajstić information content (AvgIpc) is 2.32. The molecule has 0 aromatic heterocycles. The van der Waals surface area contributed by atoms with Crippen molar-refractivity contribution in [3.63, 3.8) is 0 Å². The smallest absolute Gasteiger partial charge is 0.251 e. The predicted molar refractivity (Wildman–Crippen MR) is 65.7 cm³/mol. The number of benzene rings is 1. The molecule has 0 radical (unpaired) electrons. The third-order valence-electron chi connectivity index (χ3n) is 1.98. The summed E-state index contributed by atoms with van der Waals surface area (Å²) in [5.41, 5.74) is 2.35. The summed E-state index contributed by atoms with van der Waals surface area (Å²) in [5.74, 6) is 4.22. The SMILES string of the molecule is NNC(=O)CCNC(=O)c1ccc(Cl)c(Cl)c1. The summed E-state index contributed by atoms with van der Waals surface area (Å²) in [6.45, 7) is 0.197. The first-order chi connectivity index (χ1) is 8.04. The highest BCUT2D eigenvalue weighted by Crippen LogP contribution is 2.22. The molecule has 1 aromatic rings. The third kappa shape index (κ3) is 4.22. The maximum atomic E-state index is 11.6. The van der Waals surface area contributed by atoms with E-state index in [0.29, 0.717) is 15.6 Å². The minimum Gasteiger partial charge on any atom is -0.352 e. The lowest BCUT2D eigenvalue weighted by Crippen LogP contribution is -2.34. The van der Waals surface area contributed by atoms with Crippen LogP contribution in [-0.2, 0) is 4.79 Å². The van der Waals surface area contributed by atoms with Crippen LogP contribution in [0.3, 0.4) is 0 Å². The molecular formula is C10H11Cl2N3O2. The largest absolute Gasteiger partial charge is 0.352 e. The molecule has 0 bridgehead atoms. The van der Waals surface area contributed by atoms with Gasteiger partial charge in [0.05, 0.1) is 10.0 Å². The molecule has 7 heteroatoms. The van der Waals surface area contributed by atoms with Gasteiger partial charge in [0.1, 0.15) is 0 Å². The summed E-state index contributed by atoms with van der Waals surface area (Å²) in [6, 6.07) is 4.54. The van der Waals surface area contributed by atoms with Crippen molar-refractivity contribution in [2.75, 3.05) is 6.54 Å². The Morgan fingerprint density at radius 1 is 1.24 bits per heavy atom. The summed E-state index contributed by atoms with van der Waals surface area (Å²) >= 11 is 11.5. The molecule has 0 heterocycles. The van der Waals surface area contributed by atoms with Crippen LogP contribution in [0.2, 0.25) is 10.0 Å². The van der Waals surface area contributed by atoms with E-state index < -0.39 is 0 Å². The molecular weight excluding hydrogens is 265 g/mol. The van der Waals surface area contributed by atoms with E-state index in [2.05, 4.69) is 5.32 Å². The molecule has 0 saturated heterocycles. The van der Waals surface area contributed by atoms with Crippen LogP contribution in [0.5, 0.6) is 0 Å². The molecule has 0 saturated carbocycles. The van der Waals surface area contributed by atoms with Crippen LogP contribution < -0.4 is 16.6 Å². The maximum Gasteiger partial charge on any atom is 0.251 e. The zero-order valence-corrected chi connectivity index (χ0v) is 10.3. The van der Waals surface area contributed by atoms with Crippen LogP contribution in [0, 0.1) is 0 Å². The van der Waals surface area contributed by atoms with Crippen molar-refractivity contribution >= 4 is 35.0 Å². The number of carbonyl (C=O) groups excluding carboxylic acids is 2. The van der Waals surface area contributed by atoms with Crippen LogP contribution in [0.1, 0.15) is 16.8 Å². The minimum atomic E-state index is -0.348. The monoisotopic (exact) mass is 275 g/mol. The van der Waals surface area contributed by atoms with Crippen molar-refractivity contribution in [1.82, 2.24) is 10.7 Å². The number of hydrazine groups is 1. The van der Waals surface area contributed by atoms with Gasteiger partial charge < -0.3 is 5.32 Å². The molecule has 0 aliphatic heterocycles. The Labute approximate surface area is 108 Å². The topological polar surface area (TPSA) is 84.2 Å². The first-order valence-electron chi connectivity index (χ1n) is 4.77. The fourth-order valence-corrected chi connectivity index (χ4v) is 1.40.